The maximum atomic E-state index is 10.3. The molecule has 1 saturated carbocycles. The van der Waals surface area contributed by atoms with Crippen molar-refractivity contribution in [1.82, 2.24) is 5.32 Å². The molecule has 2 N–H and O–H groups in total. The fourth-order valence-corrected chi connectivity index (χ4v) is 2.25. The van der Waals surface area contributed by atoms with Gasteiger partial charge in [0.05, 0.1) is 0 Å². The number of nitrogens with one attached hydrogen (secondary N) is 1. The van der Waals surface area contributed by atoms with E-state index in [-0.39, 0.29) is 0 Å². The molecule has 0 bridgehead atoms. The zero-order valence-electron chi connectivity index (χ0n) is 9.57. The summed E-state index contributed by atoms with van der Waals surface area (Å²) in [6, 6.07) is 0.548. The molecule has 0 aromatic rings. The molecule has 0 amide bonds. The van der Waals surface area contributed by atoms with E-state index >= 15 is 0 Å². The van der Waals surface area contributed by atoms with Crippen molar-refractivity contribution >= 4 is 5.97 Å². The molecule has 3 unspecified atom stereocenters. The van der Waals surface area contributed by atoms with Crippen LogP contribution >= 0.6 is 0 Å². The van der Waals surface area contributed by atoms with Crippen LogP contribution in [0.4, 0.5) is 0 Å². The lowest BCUT2D eigenvalue weighted by Gasteiger charge is -2.34. The van der Waals surface area contributed by atoms with Crippen molar-refractivity contribution in [3.8, 4) is 0 Å². The van der Waals surface area contributed by atoms with Crippen LogP contribution in [0.2, 0.25) is 0 Å². The Bertz CT molecular complexity index is 238. The number of carboxylic acids is 1. The maximum absolute atomic E-state index is 10.3. The number of rotatable bonds is 4. The first-order valence-corrected chi connectivity index (χ1v) is 5.74. The van der Waals surface area contributed by atoms with Gasteiger partial charge in [0.1, 0.15) is 0 Å². The summed E-state index contributed by atoms with van der Waals surface area (Å²) in [7, 11) is 0. The number of aliphatic carboxylic acids is 1. The van der Waals surface area contributed by atoms with Crippen molar-refractivity contribution < 1.29 is 9.90 Å². The molecule has 0 saturated heterocycles. The molecule has 1 fully saturated rings. The van der Waals surface area contributed by atoms with Crippen LogP contribution in [0.1, 0.15) is 33.1 Å². The Hall–Kier alpha value is -0.830. The van der Waals surface area contributed by atoms with Gasteiger partial charge >= 0.3 is 5.97 Å². The number of carboxylic acid groups (broad SMARTS) is 1. The van der Waals surface area contributed by atoms with Crippen LogP contribution in [0.3, 0.4) is 0 Å². The van der Waals surface area contributed by atoms with E-state index in [1.54, 1.807) is 6.08 Å². The molecule has 1 aliphatic carbocycles. The minimum atomic E-state index is -0.873. The summed E-state index contributed by atoms with van der Waals surface area (Å²) in [4.78, 5) is 10.3. The molecule has 0 radical (unpaired) electrons. The summed E-state index contributed by atoms with van der Waals surface area (Å²) >= 11 is 0. The van der Waals surface area contributed by atoms with Crippen LogP contribution in [0, 0.1) is 11.8 Å². The van der Waals surface area contributed by atoms with Crippen molar-refractivity contribution in [1.29, 1.82) is 0 Å². The molecule has 3 atom stereocenters. The second-order valence-corrected chi connectivity index (χ2v) is 4.52. The fourth-order valence-electron chi connectivity index (χ4n) is 2.25. The van der Waals surface area contributed by atoms with Crippen LogP contribution in [-0.2, 0) is 4.79 Å². The summed E-state index contributed by atoms with van der Waals surface area (Å²) in [5, 5.41) is 11.8. The van der Waals surface area contributed by atoms with Crippen LogP contribution < -0.4 is 5.32 Å². The van der Waals surface area contributed by atoms with Crippen molar-refractivity contribution in [2.45, 2.75) is 39.2 Å². The van der Waals surface area contributed by atoms with Gasteiger partial charge in [-0.2, -0.15) is 0 Å². The van der Waals surface area contributed by atoms with Crippen LogP contribution in [0.15, 0.2) is 12.2 Å². The lowest BCUT2D eigenvalue weighted by molar-refractivity contribution is -0.131. The average molecular weight is 211 g/mol. The highest BCUT2D eigenvalue weighted by Gasteiger charge is 2.25. The van der Waals surface area contributed by atoms with E-state index in [0.29, 0.717) is 18.5 Å². The van der Waals surface area contributed by atoms with Gasteiger partial charge in [-0.3, -0.25) is 0 Å². The smallest absolute Gasteiger partial charge is 0.328 e. The van der Waals surface area contributed by atoms with E-state index in [1.807, 2.05) is 0 Å². The molecule has 0 aliphatic heterocycles. The monoisotopic (exact) mass is 211 g/mol. The van der Waals surface area contributed by atoms with Crippen molar-refractivity contribution in [3.63, 3.8) is 0 Å². The maximum Gasteiger partial charge on any atom is 0.328 e. The number of carbonyl (C=O) groups is 1. The zero-order valence-corrected chi connectivity index (χ0v) is 9.57. The Morgan fingerprint density at radius 3 is 2.87 bits per heavy atom. The van der Waals surface area contributed by atoms with Gasteiger partial charge in [0.15, 0.2) is 0 Å². The SMILES string of the molecule is CC1CCCC(NC/C=C/C(=O)O)C1C. The first kappa shape index (κ1) is 12.2. The van der Waals surface area contributed by atoms with E-state index < -0.39 is 5.97 Å². The summed E-state index contributed by atoms with van der Waals surface area (Å²) < 4.78 is 0. The fraction of sp³-hybridized carbons (Fsp3) is 0.750. The predicted octanol–water partition coefficient (Wildman–Crippen LogP) is 2.04. The Labute approximate surface area is 91.6 Å². The molecule has 0 heterocycles. The zero-order chi connectivity index (χ0) is 11.3. The van der Waals surface area contributed by atoms with Crippen molar-refractivity contribution in [3.05, 3.63) is 12.2 Å². The second kappa shape index (κ2) is 5.91. The minimum absolute atomic E-state index is 0.548. The van der Waals surface area contributed by atoms with E-state index in [4.69, 9.17) is 5.11 Å². The van der Waals surface area contributed by atoms with Crippen LogP contribution in [-0.4, -0.2) is 23.7 Å². The minimum Gasteiger partial charge on any atom is -0.478 e. The quantitative estimate of drug-likeness (QED) is 0.700. The third kappa shape index (κ3) is 4.04. The van der Waals surface area contributed by atoms with Gasteiger partial charge < -0.3 is 10.4 Å². The molecule has 0 aromatic carbocycles. The first-order valence-electron chi connectivity index (χ1n) is 5.74. The van der Waals surface area contributed by atoms with Crippen molar-refractivity contribution in [2.24, 2.45) is 11.8 Å². The normalized spacial score (nSPS) is 32.0. The van der Waals surface area contributed by atoms with Gasteiger partial charge in [-0.15, -0.1) is 0 Å². The van der Waals surface area contributed by atoms with Gasteiger partial charge in [0.25, 0.3) is 0 Å². The Morgan fingerprint density at radius 2 is 2.20 bits per heavy atom. The van der Waals surface area contributed by atoms with Gasteiger partial charge in [0, 0.05) is 18.7 Å². The Kier molecular flexibility index (Phi) is 4.82. The molecule has 3 heteroatoms. The van der Waals surface area contributed by atoms with Gasteiger partial charge in [-0.05, 0) is 18.3 Å². The lowest BCUT2D eigenvalue weighted by Crippen LogP contribution is -2.40. The topological polar surface area (TPSA) is 49.3 Å². The highest BCUT2D eigenvalue weighted by molar-refractivity contribution is 5.79. The number of hydrogen-bond donors (Lipinski definition) is 2. The van der Waals surface area contributed by atoms with E-state index in [2.05, 4.69) is 19.2 Å². The molecular formula is C12H21NO2. The summed E-state index contributed by atoms with van der Waals surface area (Å²) in [6.45, 7) is 5.24. The highest BCUT2D eigenvalue weighted by Crippen LogP contribution is 2.29. The van der Waals surface area contributed by atoms with E-state index in [1.165, 1.54) is 25.3 Å². The molecule has 1 aliphatic rings. The second-order valence-electron chi connectivity index (χ2n) is 4.52. The first-order chi connectivity index (χ1) is 7.11. The summed E-state index contributed by atoms with van der Waals surface area (Å²) in [5.41, 5.74) is 0. The van der Waals surface area contributed by atoms with Gasteiger partial charge in [0.2, 0.25) is 0 Å². The van der Waals surface area contributed by atoms with E-state index in [9.17, 15) is 4.79 Å². The Morgan fingerprint density at radius 1 is 1.47 bits per heavy atom. The molecular weight excluding hydrogens is 190 g/mol. The third-order valence-corrected chi connectivity index (χ3v) is 3.47. The predicted molar refractivity (Wildman–Crippen MR) is 60.7 cm³/mol. The van der Waals surface area contributed by atoms with Crippen LogP contribution in [0.5, 0.6) is 0 Å². The Balaban J connectivity index is 2.28. The molecule has 86 valence electrons. The standard InChI is InChI=1S/C12H21NO2/c1-9-5-3-6-11(10(9)2)13-8-4-7-12(14)15/h4,7,9-11,13H,3,5-6,8H2,1-2H3,(H,14,15)/b7-4+. The average Bonchev–Trinajstić information content (AvgIpc) is 2.18. The third-order valence-electron chi connectivity index (χ3n) is 3.47. The molecule has 0 aromatic heterocycles. The molecule has 15 heavy (non-hydrogen) atoms. The van der Waals surface area contributed by atoms with Gasteiger partial charge in [-0.25, -0.2) is 4.79 Å². The molecule has 0 spiro atoms. The lowest BCUT2D eigenvalue weighted by atomic mass is 9.78. The van der Waals surface area contributed by atoms with Crippen molar-refractivity contribution in [2.75, 3.05) is 6.54 Å². The van der Waals surface area contributed by atoms with E-state index in [0.717, 1.165) is 5.92 Å². The number of hydrogen-bond acceptors (Lipinski definition) is 2. The van der Waals surface area contributed by atoms with Gasteiger partial charge in [-0.1, -0.05) is 32.8 Å². The largest absolute Gasteiger partial charge is 0.478 e. The molecule has 3 nitrogen and oxygen atoms in total. The van der Waals surface area contributed by atoms with Crippen LogP contribution in [0.25, 0.3) is 0 Å². The highest BCUT2D eigenvalue weighted by atomic mass is 16.4. The molecule has 1 rings (SSSR count). The summed E-state index contributed by atoms with van der Waals surface area (Å²) in [6.07, 6.45) is 6.70. The summed E-state index contributed by atoms with van der Waals surface area (Å²) in [5.74, 6) is 0.596.